The Hall–Kier alpha value is -0.570. The highest BCUT2D eigenvalue weighted by Gasteiger charge is 2.58. The Morgan fingerprint density at radius 1 is 1.73 bits per heavy atom. The van der Waals surface area contributed by atoms with Gasteiger partial charge in [0.05, 0.1) is 18.6 Å². The van der Waals surface area contributed by atoms with Crippen molar-refractivity contribution >= 4 is 5.97 Å². The summed E-state index contributed by atoms with van der Waals surface area (Å²) in [5.74, 6) is -0.157. The minimum absolute atomic E-state index is 0.0833. The summed E-state index contributed by atoms with van der Waals surface area (Å²) in [4.78, 5) is 11.1. The van der Waals surface area contributed by atoms with Gasteiger partial charge in [-0.2, -0.15) is 0 Å². The molecule has 0 radical (unpaired) electrons. The number of carbonyl (C=O) groups excluding carboxylic acids is 1. The molecule has 0 aliphatic heterocycles. The smallest absolute Gasteiger partial charge is 0.314 e. The third-order valence-electron chi connectivity index (χ3n) is 2.18. The van der Waals surface area contributed by atoms with E-state index in [1.54, 1.807) is 0 Å². The van der Waals surface area contributed by atoms with Crippen molar-refractivity contribution in [3.8, 4) is 0 Å². The minimum atomic E-state index is -0.356. The third kappa shape index (κ3) is 1.38. The van der Waals surface area contributed by atoms with Crippen LogP contribution in [0.4, 0.5) is 0 Å². The van der Waals surface area contributed by atoms with Crippen LogP contribution < -0.4 is 0 Å². The molecular formula is C8H14O3. The van der Waals surface area contributed by atoms with Crippen molar-refractivity contribution in [2.75, 3.05) is 13.7 Å². The fraction of sp³-hybridized carbons (Fsp3) is 0.875. The first-order valence-corrected chi connectivity index (χ1v) is 3.85. The maximum Gasteiger partial charge on any atom is 0.314 e. The molecule has 0 N–H and O–H groups in total. The highest BCUT2D eigenvalue weighted by Crippen LogP contribution is 2.48. The molecule has 0 saturated heterocycles. The highest BCUT2D eigenvalue weighted by molar-refractivity contribution is 5.80. The molecule has 0 amide bonds. The Balaban J connectivity index is 2.42. The van der Waals surface area contributed by atoms with E-state index in [4.69, 9.17) is 4.74 Å². The lowest BCUT2D eigenvalue weighted by molar-refractivity contribution is -0.148. The molecule has 3 nitrogen and oxygen atoms in total. The van der Waals surface area contributed by atoms with E-state index in [0.29, 0.717) is 6.61 Å². The normalized spacial score (nSPS) is 35.0. The molecule has 0 spiro atoms. The van der Waals surface area contributed by atoms with Gasteiger partial charge in [-0.3, -0.25) is 4.79 Å². The molecule has 0 bridgehead atoms. The lowest BCUT2D eigenvalue weighted by atomic mass is 10.1. The van der Waals surface area contributed by atoms with Crippen LogP contribution in [0.15, 0.2) is 0 Å². The quantitative estimate of drug-likeness (QED) is 0.574. The predicted molar refractivity (Wildman–Crippen MR) is 40.2 cm³/mol. The van der Waals surface area contributed by atoms with Crippen LogP contribution in [-0.2, 0) is 14.3 Å². The number of rotatable bonds is 3. The first-order valence-electron chi connectivity index (χ1n) is 3.85. The van der Waals surface area contributed by atoms with Gasteiger partial charge in [-0.05, 0) is 20.3 Å². The van der Waals surface area contributed by atoms with Gasteiger partial charge in [0.15, 0.2) is 0 Å². The average Bonchev–Trinajstić information content (AvgIpc) is 2.63. The first-order chi connectivity index (χ1) is 5.15. The number of hydrogen-bond acceptors (Lipinski definition) is 3. The Bertz CT molecular complexity index is 167. The van der Waals surface area contributed by atoms with Crippen molar-refractivity contribution in [3.05, 3.63) is 0 Å². The molecule has 0 aromatic rings. The van der Waals surface area contributed by atoms with Crippen molar-refractivity contribution in [1.82, 2.24) is 0 Å². The molecular weight excluding hydrogens is 144 g/mol. The average molecular weight is 158 g/mol. The number of esters is 1. The van der Waals surface area contributed by atoms with Crippen molar-refractivity contribution < 1.29 is 14.3 Å². The molecule has 1 aliphatic rings. The van der Waals surface area contributed by atoms with Crippen LogP contribution in [0.2, 0.25) is 0 Å². The Morgan fingerprint density at radius 3 is 2.82 bits per heavy atom. The van der Waals surface area contributed by atoms with Gasteiger partial charge in [0, 0.05) is 6.61 Å². The standard InChI is InChI=1S/C8H14O3/c1-4-11-6-5-8(6,2)7(9)10-3/h6H,4-5H2,1-3H3. The maximum atomic E-state index is 11.1. The van der Waals surface area contributed by atoms with E-state index in [2.05, 4.69) is 4.74 Å². The lowest BCUT2D eigenvalue weighted by Crippen LogP contribution is -2.19. The van der Waals surface area contributed by atoms with Gasteiger partial charge < -0.3 is 9.47 Å². The van der Waals surface area contributed by atoms with Gasteiger partial charge in [-0.1, -0.05) is 0 Å². The van der Waals surface area contributed by atoms with Crippen LogP contribution >= 0.6 is 0 Å². The summed E-state index contributed by atoms with van der Waals surface area (Å²) in [6.07, 6.45) is 0.882. The second-order valence-corrected chi connectivity index (χ2v) is 3.06. The second kappa shape index (κ2) is 2.81. The zero-order valence-electron chi connectivity index (χ0n) is 7.22. The first kappa shape index (κ1) is 8.53. The van der Waals surface area contributed by atoms with Crippen LogP contribution in [-0.4, -0.2) is 25.8 Å². The molecule has 0 heterocycles. The van der Waals surface area contributed by atoms with Crippen LogP contribution in [0.1, 0.15) is 20.3 Å². The number of ether oxygens (including phenoxy) is 2. The molecule has 1 fully saturated rings. The zero-order valence-corrected chi connectivity index (χ0v) is 7.22. The summed E-state index contributed by atoms with van der Waals surface area (Å²) >= 11 is 0. The van der Waals surface area contributed by atoms with Crippen molar-refractivity contribution in [3.63, 3.8) is 0 Å². The van der Waals surface area contributed by atoms with E-state index in [0.717, 1.165) is 6.42 Å². The predicted octanol–water partition coefficient (Wildman–Crippen LogP) is 0.975. The molecule has 0 aromatic heterocycles. The zero-order chi connectivity index (χ0) is 8.48. The van der Waals surface area contributed by atoms with Crippen LogP contribution in [0.5, 0.6) is 0 Å². The van der Waals surface area contributed by atoms with E-state index < -0.39 is 0 Å². The SMILES string of the molecule is CCOC1CC1(C)C(=O)OC. The Labute approximate surface area is 66.7 Å². The summed E-state index contributed by atoms with van der Waals surface area (Å²) in [6.45, 7) is 4.46. The van der Waals surface area contributed by atoms with E-state index >= 15 is 0 Å². The summed E-state index contributed by atoms with van der Waals surface area (Å²) in [7, 11) is 1.41. The summed E-state index contributed by atoms with van der Waals surface area (Å²) in [5.41, 5.74) is -0.356. The van der Waals surface area contributed by atoms with Gasteiger partial charge in [0.25, 0.3) is 0 Å². The van der Waals surface area contributed by atoms with Crippen molar-refractivity contribution in [2.45, 2.75) is 26.4 Å². The van der Waals surface area contributed by atoms with E-state index in [1.165, 1.54) is 7.11 Å². The Morgan fingerprint density at radius 2 is 2.36 bits per heavy atom. The third-order valence-corrected chi connectivity index (χ3v) is 2.18. The van der Waals surface area contributed by atoms with Crippen LogP contribution in [0, 0.1) is 5.41 Å². The molecule has 64 valence electrons. The van der Waals surface area contributed by atoms with Crippen molar-refractivity contribution in [2.24, 2.45) is 5.41 Å². The number of hydrogen-bond donors (Lipinski definition) is 0. The van der Waals surface area contributed by atoms with E-state index in [1.807, 2.05) is 13.8 Å². The van der Waals surface area contributed by atoms with Gasteiger partial charge in [0.2, 0.25) is 0 Å². The lowest BCUT2D eigenvalue weighted by Gasteiger charge is -2.07. The van der Waals surface area contributed by atoms with Crippen molar-refractivity contribution in [1.29, 1.82) is 0 Å². The Kier molecular flexibility index (Phi) is 2.18. The maximum absolute atomic E-state index is 11.1. The molecule has 1 saturated carbocycles. The topological polar surface area (TPSA) is 35.5 Å². The molecule has 11 heavy (non-hydrogen) atoms. The fourth-order valence-corrected chi connectivity index (χ4v) is 1.22. The molecule has 2 atom stereocenters. The highest BCUT2D eigenvalue weighted by atomic mass is 16.5. The molecule has 0 aromatic carbocycles. The largest absolute Gasteiger partial charge is 0.469 e. The summed E-state index contributed by atoms with van der Waals surface area (Å²) in [5, 5.41) is 0. The fourth-order valence-electron chi connectivity index (χ4n) is 1.22. The van der Waals surface area contributed by atoms with Gasteiger partial charge in [-0.25, -0.2) is 0 Å². The molecule has 2 unspecified atom stereocenters. The molecule has 1 rings (SSSR count). The van der Waals surface area contributed by atoms with Gasteiger partial charge in [0.1, 0.15) is 0 Å². The van der Waals surface area contributed by atoms with Gasteiger partial charge >= 0.3 is 5.97 Å². The van der Waals surface area contributed by atoms with Crippen LogP contribution in [0.25, 0.3) is 0 Å². The second-order valence-electron chi connectivity index (χ2n) is 3.06. The van der Waals surface area contributed by atoms with Gasteiger partial charge in [-0.15, -0.1) is 0 Å². The molecule has 1 aliphatic carbocycles. The number of methoxy groups -OCH3 is 1. The minimum Gasteiger partial charge on any atom is -0.469 e. The van der Waals surface area contributed by atoms with E-state index in [-0.39, 0.29) is 17.5 Å². The monoisotopic (exact) mass is 158 g/mol. The number of carbonyl (C=O) groups is 1. The van der Waals surface area contributed by atoms with E-state index in [9.17, 15) is 4.79 Å². The van der Waals surface area contributed by atoms with Crippen LogP contribution in [0.3, 0.4) is 0 Å². The summed E-state index contributed by atoms with van der Waals surface area (Å²) in [6, 6.07) is 0. The molecule has 3 heteroatoms. The summed E-state index contributed by atoms with van der Waals surface area (Å²) < 4.78 is 9.93.